The summed E-state index contributed by atoms with van der Waals surface area (Å²) in [6.07, 6.45) is 0. The number of hydrogen-bond acceptors (Lipinski definition) is 1. The molecule has 12 rings (SSSR count). The third-order valence-corrected chi connectivity index (χ3v) is 12.3. The SMILES string of the molecule is c1ccc(-c2ccc3c(c2)c2cc(-c4ccccc4)cc4c2n3-c2ccc(N(c3ccccc3)c3ccccc3)cc2C42c3ccccc3-c3ccccc32)cc1. The topological polar surface area (TPSA) is 8.17 Å². The van der Waals surface area contributed by atoms with Gasteiger partial charge in [0.15, 0.2) is 0 Å². The summed E-state index contributed by atoms with van der Waals surface area (Å²) >= 11 is 0. The molecule has 0 atom stereocenters. The highest BCUT2D eigenvalue weighted by Crippen LogP contribution is 2.62. The van der Waals surface area contributed by atoms with Gasteiger partial charge >= 0.3 is 0 Å². The smallest absolute Gasteiger partial charge is 0.0755 e. The summed E-state index contributed by atoms with van der Waals surface area (Å²) < 4.78 is 2.56. The molecule has 10 aromatic rings. The van der Waals surface area contributed by atoms with Crippen LogP contribution < -0.4 is 4.90 Å². The second-order valence-corrected chi connectivity index (χ2v) is 15.3. The van der Waals surface area contributed by atoms with Gasteiger partial charge in [0.1, 0.15) is 0 Å². The minimum atomic E-state index is -0.590. The van der Waals surface area contributed by atoms with Gasteiger partial charge in [-0.05, 0) is 122 Å². The number of para-hydroxylation sites is 2. The Hall–Kier alpha value is -7.42. The summed E-state index contributed by atoms with van der Waals surface area (Å²) in [5.41, 5.74) is 19.1. The first kappa shape index (κ1) is 31.9. The van der Waals surface area contributed by atoms with Crippen LogP contribution >= 0.6 is 0 Å². The summed E-state index contributed by atoms with van der Waals surface area (Å²) in [5, 5.41) is 2.53. The van der Waals surface area contributed by atoms with Gasteiger partial charge in [-0.1, -0.05) is 152 Å². The number of fused-ring (bicyclic) bond motifs is 12. The molecule has 0 bridgehead atoms. The zero-order valence-corrected chi connectivity index (χ0v) is 31.2. The first-order valence-corrected chi connectivity index (χ1v) is 19.8. The van der Waals surface area contributed by atoms with Gasteiger partial charge in [-0.25, -0.2) is 0 Å². The molecule has 0 N–H and O–H groups in total. The van der Waals surface area contributed by atoms with Gasteiger partial charge in [-0.2, -0.15) is 0 Å². The molecule has 1 spiro atoms. The largest absolute Gasteiger partial charge is 0.310 e. The van der Waals surface area contributed by atoms with Crippen LogP contribution in [0.1, 0.15) is 22.3 Å². The van der Waals surface area contributed by atoms with Crippen LogP contribution in [0.3, 0.4) is 0 Å². The van der Waals surface area contributed by atoms with E-state index in [-0.39, 0.29) is 0 Å². The van der Waals surface area contributed by atoms with Crippen molar-refractivity contribution in [3.8, 4) is 39.1 Å². The van der Waals surface area contributed by atoms with Gasteiger partial charge in [0.25, 0.3) is 0 Å². The van der Waals surface area contributed by atoms with E-state index in [1.165, 1.54) is 83.1 Å². The molecular formula is C55H36N2. The van der Waals surface area contributed by atoms with Crippen LogP contribution in [-0.2, 0) is 5.41 Å². The summed E-state index contributed by atoms with van der Waals surface area (Å²) in [6.45, 7) is 0. The fraction of sp³-hybridized carbons (Fsp3) is 0.0182. The maximum absolute atomic E-state index is 2.56. The Bertz CT molecular complexity index is 3080. The number of hydrogen-bond donors (Lipinski definition) is 0. The maximum atomic E-state index is 2.56. The molecule has 0 saturated carbocycles. The van der Waals surface area contributed by atoms with Crippen molar-refractivity contribution in [2.45, 2.75) is 5.41 Å². The Morgan fingerprint density at radius 3 is 1.47 bits per heavy atom. The third-order valence-electron chi connectivity index (χ3n) is 12.3. The van der Waals surface area contributed by atoms with E-state index in [4.69, 9.17) is 0 Å². The van der Waals surface area contributed by atoms with E-state index in [0.29, 0.717) is 0 Å². The summed E-state index contributed by atoms with van der Waals surface area (Å²) in [5.74, 6) is 0. The lowest BCUT2D eigenvalue weighted by Gasteiger charge is -2.40. The highest BCUT2D eigenvalue weighted by Gasteiger charge is 2.51. The molecule has 1 aromatic heterocycles. The van der Waals surface area contributed by atoms with Crippen molar-refractivity contribution < 1.29 is 0 Å². The van der Waals surface area contributed by atoms with Gasteiger partial charge in [0.2, 0.25) is 0 Å². The van der Waals surface area contributed by atoms with Crippen LogP contribution in [-0.4, -0.2) is 4.57 Å². The molecule has 2 heterocycles. The van der Waals surface area contributed by atoms with Crippen molar-refractivity contribution in [3.05, 3.63) is 241 Å². The van der Waals surface area contributed by atoms with Crippen LogP contribution in [0, 0.1) is 0 Å². The van der Waals surface area contributed by atoms with E-state index in [1.807, 2.05) is 0 Å². The molecule has 0 amide bonds. The zero-order chi connectivity index (χ0) is 37.5. The van der Waals surface area contributed by atoms with Crippen molar-refractivity contribution in [1.29, 1.82) is 0 Å². The van der Waals surface area contributed by atoms with Gasteiger partial charge < -0.3 is 9.47 Å². The van der Waals surface area contributed by atoms with Crippen molar-refractivity contribution >= 4 is 38.9 Å². The average molecular weight is 725 g/mol. The van der Waals surface area contributed by atoms with Crippen molar-refractivity contribution in [2.75, 3.05) is 4.90 Å². The lowest BCUT2D eigenvalue weighted by atomic mass is 9.65. The van der Waals surface area contributed by atoms with E-state index in [9.17, 15) is 0 Å². The Kier molecular flexibility index (Phi) is 6.88. The van der Waals surface area contributed by atoms with Crippen molar-refractivity contribution in [1.82, 2.24) is 4.57 Å². The fourth-order valence-electron chi connectivity index (χ4n) is 10.0. The minimum Gasteiger partial charge on any atom is -0.310 e. The third kappa shape index (κ3) is 4.53. The number of anilines is 3. The first-order chi connectivity index (χ1) is 28.3. The average Bonchev–Trinajstić information content (AvgIpc) is 3.78. The van der Waals surface area contributed by atoms with Crippen molar-refractivity contribution in [2.24, 2.45) is 0 Å². The molecule has 2 nitrogen and oxygen atoms in total. The molecule has 0 unspecified atom stereocenters. The molecule has 2 heteroatoms. The number of nitrogens with zero attached hydrogens (tertiary/aromatic N) is 2. The van der Waals surface area contributed by atoms with E-state index in [2.05, 4.69) is 228 Å². The van der Waals surface area contributed by atoms with E-state index in [1.54, 1.807) is 0 Å². The highest BCUT2D eigenvalue weighted by molar-refractivity contribution is 6.15. The molecular weight excluding hydrogens is 689 g/mol. The predicted octanol–water partition coefficient (Wildman–Crippen LogP) is 14.3. The molecule has 1 aliphatic heterocycles. The van der Waals surface area contributed by atoms with E-state index in [0.717, 1.165) is 17.1 Å². The van der Waals surface area contributed by atoms with Crippen LogP contribution in [0.2, 0.25) is 0 Å². The van der Waals surface area contributed by atoms with Gasteiger partial charge in [-0.15, -0.1) is 0 Å². The van der Waals surface area contributed by atoms with E-state index < -0.39 is 5.41 Å². The lowest BCUT2D eigenvalue weighted by Crippen LogP contribution is -2.34. The molecule has 0 fully saturated rings. The Balaban J connectivity index is 1.26. The molecule has 266 valence electrons. The van der Waals surface area contributed by atoms with Gasteiger partial charge in [0.05, 0.1) is 22.1 Å². The van der Waals surface area contributed by atoms with Crippen LogP contribution in [0.5, 0.6) is 0 Å². The monoisotopic (exact) mass is 724 g/mol. The van der Waals surface area contributed by atoms with Gasteiger partial charge in [-0.3, -0.25) is 0 Å². The van der Waals surface area contributed by atoms with Gasteiger partial charge in [0, 0.05) is 27.8 Å². The normalized spacial score (nSPS) is 13.1. The molecule has 0 saturated heterocycles. The van der Waals surface area contributed by atoms with Crippen LogP contribution in [0.25, 0.3) is 60.9 Å². The number of rotatable bonds is 5. The second kappa shape index (κ2) is 12.3. The first-order valence-electron chi connectivity index (χ1n) is 19.8. The molecule has 57 heavy (non-hydrogen) atoms. The second-order valence-electron chi connectivity index (χ2n) is 15.3. The highest BCUT2D eigenvalue weighted by atomic mass is 15.1. The Morgan fingerprint density at radius 2 is 0.860 bits per heavy atom. The molecule has 2 aliphatic rings. The van der Waals surface area contributed by atoms with Crippen LogP contribution in [0.4, 0.5) is 17.1 Å². The summed E-state index contributed by atoms with van der Waals surface area (Å²) in [6, 6.07) is 80.6. The van der Waals surface area contributed by atoms with Crippen molar-refractivity contribution in [3.63, 3.8) is 0 Å². The Labute approximate surface area is 332 Å². The zero-order valence-electron chi connectivity index (χ0n) is 31.2. The fourth-order valence-corrected chi connectivity index (χ4v) is 10.0. The number of aromatic nitrogens is 1. The lowest BCUT2D eigenvalue weighted by molar-refractivity contribution is 0.749. The standard InChI is InChI=1S/C55H36N2/c1-5-17-37(18-6-1)39-29-31-52-46(33-39)47-34-40(38-19-7-2-8-20-38)35-51-54(47)57(52)53-32-30-43(56(41-21-9-3-10-22-41)42-23-11-4-12-24-42)36-50(53)55(51)48-27-15-13-25-44(48)45-26-14-16-28-49(45)55/h1-36H. The molecule has 0 radical (unpaired) electrons. The summed E-state index contributed by atoms with van der Waals surface area (Å²) in [7, 11) is 0. The summed E-state index contributed by atoms with van der Waals surface area (Å²) in [4.78, 5) is 2.39. The number of benzene rings is 9. The minimum absolute atomic E-state index is 0.590. The molecule has 1 aliphatic carbocycles. The predicted molar refractivity (Wildman–Crippen MR) is 237 cm³/mol. The van der Waals surface area contributed by atoms with Crippen LogP contribution in [0.15, 0.2) is 218 Å². The Morgan fingerprint density at radius 1 is 0.333 bits per heavy atom. The molecule has 9 aromatic carbocycles. The quantitative estimate of drug-likeness (QED) is 0.172. The maximum Gasteiger partial charge on any atom is 0.0755 e. The van der Waals surface area contributed by atoms with E-state index >= 15 is 0 Å².